The number of amides is 1. The van der Waals surface area contributed by atoms with E-state index < -0.39 is 34.2 Å². The Morgan fingerprint density at radius 1 is 1.62 bits per heavy atom. The van der Waals surface area contributed by atoms with E-state index in [0.717, 1.165) is 0 Å². The van der Waals surface area contributed by atoms with Crippen molar-refractivity contribution in [3.05, 3.63) is 31.1 Å². The number of nitrogens with two attached hydrogens (primary N) is 1. The Labute approximate surface area is 101 Å². The van der Waals surface area contributed by atoms with Crippen molar-refractivity contribution in [3.63, 3.8) is 0 Å². The molecule has 16 heavy (non-hydrogen) atoms. The molecule has 0 fully saturated rings. The molecule has 0 saturated heterocycles. The fourth-order valence-corrected chi connectivity index (χ4v) is 1.93. The van der Waals surface area contributed by atoms with Gasteiger partial charge in [-0.05, 0) is 22.6 Å². The Morgan fingerprint density at radius 2 is 2.19 bits per heavy atom. The maximum atomic E-state index is 12.6. The van der Waals surface area contributed by atoms with Gasteiger partial charge in [0.1, 0.15) is 17.5 Å². The van der Waals surface area contributed by atoms with Gasteiger partial charge in [0.2, 0.25) is 0 Å². The average Bonchev–Trinajstić information content (AvgIpc) is 2.15. The summed E-state index contributed by atoms with van der Waals surface area (Å²) in [5.74, 6) is -1.01. The summed E-state index contributed by atoms with van der Waals surface area (Å²) in [7, 11) is 0. The zero-order valence-electron chi connectivity index (χ0n) is 7.49. The van der Waals surface area contributed by atoms with E-state index in [9.17, 15) is 23.7 Å². The summed E-state index contributed by atoms with van der Waals surface area (Å²) in [6.07, 6.45) is -2.47. The first-order valence-corrected chi connectivity index (χ1v) is 4.84. The molecule has 1 heterocycles. The molecule has 0 aliphatic heterocycles. The third kappa shape index (κ3) is 2.23. The lowest BCUT2D eigenvalue weighted by molar-refractivity contribution is -0.386. The molecule has 0 saturated carbocycles. The van der Waals surface area contributed by atoms with Crippen molar-refractivity contribution >= 4 is 34.2 Å². The van der Waals surface area contributed by atoms with E-state index >= 15 is 0 Å². The highest BCUT2D eigenvalue weighted by atomic mass is 127. The van der Waals surface area contributed by atoms with Crippen LogP contribution >= 0.6 is 22.6 Å². The molecule has 2 N–H and O–H groups in total. The molecule has 6 nitrogen and oxygen atoms in total. The minimum absolute atomic E-state index is 0.297. The highest BCUT2D eigenvalue weighted by molar-refractivity contribution is 14.1. The van der Waals surface area contributed by atoms with Crippen LogP contribution in [0.1, 0.15) is 22.5 Å². The van der Waals surface area contributed by atoms with Crippen LogP contribution < -0.4 is 5.73 Å². The Balaban J connectivity index is 3.54. The van der Waals surface area contributed by atoms with E-state index in [1.165, 1.54) is 22.6 Å². The molecule has 0 aromatic carbocycles. The van der Waals surface area contributed by atoms with E-state index in [-0.39, 0.29) is 3.57 Å². The smallest absolute Gasteiger partial charge is 0.297 e. The van der Waals surface area contributed by atoms with Crippen LogP contribution in [-0.4, -0.2) is 15.8 Å². The van der Waals surface area contributed by atoms with Gasteiger partial charge in [0.25, 0.3) is 18.0 Å². The van der Waals surface area contributed by atoms with Crippen LogP contribution in [0.3, 0.4) is 0 Å². The standard InChI is InChI=1S/C7H4F2IN3O3/c8-6(9)3-2(13(15)16)1-12-5(4(3)10)7(11)14/h1,6H,(H2,11,14). The number of rotatable bonds is 3. The lowest BCUT2D eigenvalue weighted by atomic mass is 10.2. The molecule has 0 atom stereocenters. The fraction of sp³-hybridized carbons (Fsp3) is 0.143. The fourth-order valence-electron chi connectivity index (χ4n) is 1.02. The van der Waals surface area contributed by atoms with Gasteiger partial charge in [0.05, 0.1) is 8.49 Å². The van der Waals surface area contributed by atoms with Crippen molar-refractivity contribution in [1.82, 2.24) is 4.98 Å². The number of halogens is 3. The predicted octanol–water partition coefficient (Wildman–Crippen LogP) is 1.63. The first kappa shape index (κ1) is 12.7. The molecular weight excluding hydrogens is 339 g/mol. The van der Waals surface area contributed by atoms with Crippen molar-refractivity contribution in [2.45, 2.75) is 6.43 Å². The molecule has 86 valence electrons. The third-order valence-corrected chi connectivity index (χ3v) is 2.78. The summed E-state index contributed by atoms with van der Waals surface area (Å²) in [5, 5.41) is 10.5. The second-order valence-corrected chi connectivity index (χ2v) is 3.72. The van der Waals surface area contributed by atoms with Crippen molar-refractivity contribution < 1.29 is 18.5 Å². The largest absolute Gasteiger partial charge is 0.364 e. The van der Waals surface area contributed by atoms with Crippen LogP contribution in [0.4, 0.5) is 14.5 Å². The number of aromatic nitrogens is 1. The predicted molar refractivity (Wildman–Crippen MR) is 57.1 cm³/mol. The number of carbonyl (C=O) groups excluding carboxylic acids is 1. The minimum atomic E-state index is -3.08. The van der Waals surface area contributed by atoms with Crippen molar-refractivity contribution in [1.29, 1.82) is 0 Å². The summed E-state index contributed by atoms with van der Waals surface area (Å²) < 4.78 is 24.9. The molecule has 1 aromatic rings. The van der Waals surface area contributed by atoms with E-state index in [2.05, 4.69) is 4.98 Å². The molecule has 1 aromatic heterocycles. The SMILES string of the molecule is NC(=O)c1ncc([N+](=O)[O-])c(C(F)F)c1I. The van der Waals surface area contributed by atoms with E-state index in [0.29, 0.717) is 6.20 Å². The summed E-state index contributed by atoms with van der Waals surface area (Å²) in [4.78, 5) is 23.7. The molecule has 0 spiro atoms. The highest BCUT2D eigenvalue weighted by Crippen LogP contribution is 2.33. The Morgan fingerprint density at radius 3 is 2.56 bits per heavy atom. The van der Waals surface area contributed by atoms with E-state index in [1.807, 2.05) is 0 Å². The molecular formula is C7H4F2IN3O3. The molecule has 0 bridgehead atoms. The molecule has 0 aliphatic rings. The minimum Gasteiger partial charge on any atom is -0.364 e. The zero-order chi connectivity index (χ0) is 12.5. The summed E-state index contributed by atoms with van der Waals surface area (Å²) in [5.41, 5.74) is 2.82. The van der Waals surface area contributed by atoms with E-state index in [1.54, 1.807) is 0 Å². The second kappa shape index (κ2) is 4.63. The number of carbonyl (C=O) groups is 1. The van der Waals surface area contributed by atoms with Gasteiger partial charge >= 0.3 is 0 Å². The molecule has 1 amide bonds. The molecule has 1 rings (SSSR count). The maximum absolute atomic E-state index is 12.6. The van der Waals surface area contributed by atoms with Crippen LogP contribution in [0.5, 0.6) is 0 Å². The van der Waals surface area contributed by atoms with Gasteiger partial charge in [-0.1, -0.05) is 0 Å². The van der Waals surface area contributed by atoms with Gasteiger partial charge in [-0.3, -0.25) is 14.9 Å². The van der Waals surface area contributed by atoms with Crippen molar-refractivity contribution in [3.8, 4) is 0 Å². The van der Waals surface area contributed by atoms with Crippen molar-refractivity contribution in [2.24, 2.45) is 5.73 Å². The Kier molecular flexibility index (Phi) is 3.67. The molecule has 0 aliphatic carbocycles. The van der Waals surface area contributed by atoms with Gasteiger partial charge in [-0.15, -0.1) is 0 Å². The zero-order valence-corrected chi connectivity index (χ0v) is 9.64. The van der Waals surface area contributed by atoms with Gasteiger partial charge in [-0.25, -0.2) is 13.8 Å². The number of primary amides is 1. The Hall–Kier alpha value is -1.39. The maximum Gasteiger partial charge on any atom is 0.297 e. The highest BCUT2D eigenvalue weighted by Gasteiger charge is 2.28. The lowest BCUT2D eigenvalue weighted by Gasteiger charge is -2.06. The molecule has 0 radical (unpaired) electrons. The van der Waals surface area contributed by atoms with Crippen molar-refractivity contribution in [2.75, 3.05) is 0 Å². The number of nitro groups is 1. The normalized spacial score (nSPS) is 10.5. The van der Waals surface area contributed by atoms with E-state index in [4.69, 9.17) is 5.73 Å². The number of hydrogen-bond donors (Lipinski definition) is 1. The van der Waals surface area contributed by atoms with Gasteiger partial charge in [0, 0.05) is 0 Å². The van der Waals surface area contributed by atoms with Crippen LogP contribution in [0.25, 0.3) is 0 Å². The Bertz CT molecular complexity index is 466. The number of alkyl halides is 2. The molecule has 9 heteroatoms. The average molecular weight is 343 g/mol. The first-order chi connectivity index (χ1) is 7.36. The topological polar surface area (TPSA) is 99.1 Å². The van der Waals surface area contributed by atoms with Crippen LogP contribution in [0.2, 0.25) is 0 Å². The lowest BCUT2D eigenvalue weighted by Crippen LogP contribution is -2.17. The van der Waals surface area contributed by atoms with Crippen LogP contribution in [-0.2, 0) is 0 Å². The van der Waals surface area contributed by atoms with Gasteiger partial charge in [0.15, 0.2) is 0 Å². The summed E-state index contributed by atoms with van der Waals surface area (Å²) in [6.45, 7) is 0. The quantitative estimate of drug-likeness (QED) is 0.512. The van der Waals surface area contributed by atoms with Gasteiger partial charge < -0.3 is 5.73 Å². The summed E-state index contributed by atoms with van der Waals surface area (Å²) >= 11 is 1.38. The number of nitrogens with zero attached hydrogens (tertiary/aromatic N) is 2. The second-order valence-electron chi connectivity index (χ2n) is 2.64. The monoisotopic (exact) mass is 343 g/mol. The molecule has 0 unspecified atom stereocenters. The number of pyridine rings is 1. The van der Waals surface area contributed by atoms with Crippen LogP contribution in [0, 0.1) is 13.7 Å². The first-order valence-electron chi connectivity index (χ1n) is 3.77. The third-order valence-electron chi connectivity index (χ3n) is 1.68. The summed E-state index contributed by atoms with van der Waals surface area (Å²) in [6, 6.07) is 0. The van der Waals surface area contributed by atoms with Crippen LogP contribution in [0.15, 0.2) is 6.20 Å². The number of hydrogen-bond acceptors (Lipinski definition) is 4. The van der Waals surface area contributed by atoms with Gasteiger partial charge in [-0.2, -0.15) is 0 Å².